The van der Waals surface area contributed by atoms with Gasteiger partial charge in [-0.05, 0) is 53.6 Å². The maximum absolute atomic E-state index is 11.5. The average molecular weight is 408 g/mol. The maximum atomic E-state index is 11.5. The molecule has 2 unspecified atom stereocenters. The van der Waals surface area contributed by atoms with Gasteiger partial charge < -0.3 is 21.1 Å². The first-order valence-electron chi connectivity index (χ1n) is 9.78. The molecule has 1 aliphatic heterocycles. The lowest BCUT2D eigenvalue weighted by Gasteiger charge is -2.29. The van der Waals surface area contributed by atoms with Crippen LogP contribution in [0.3, 0.4) is 0 Å². The van der Waals surface area contributed by atoms with E-state index in [0.717, 1.165) is 35.4 Å². The number of carbonyl (C=O) groups is 1. The summed E-state index contributed by atoms with van der Waals surface area (Å²) in [5.41, 5.74) is 9.39. The predicted molar refractivity (Wildman–Crippen MR) is 119 cm³/mol. The maximum Gasteiger partial charge on any atom is 0.248 e. The van der Waals surface area contributed by atoms with Gasteiger partial charge in [0.05, 0.1) is 0 Å². The van der Waals surface area contributed by atoms with Crippen molar-refractivity contribution in [1.29, 1.82) is 0 Å². The molecule has 0 fully saturated rings. The van der Waals surface area contributed by atoms with Crippen molar-refractivity contribution in [3.63, 3.8) is 0 Å². The van der Waals surface area contributed by atoms with E-state index in [1.165, 1.54) is 11.1 Å². The smallest absolute Gasteiger partial charge is 0.248 e. The number of nitrogens with one attached hydrogen (secondary N) is 2. The Bertz CT molecular complexity index is 1030. The fourth-order valence-electron chi connectivity index (χ4n) is 3.86. The number of rotatable bonds is 7. The van der Waals surface area contributed by atoms with E-state index in [0.29, 0.717) is 23.3 Å². The number of primary amides is 1. The number of hydrogen-bond donors (Lipinski definition) is 4. The summed E-state index contributed by atoms with van der Waals surface area (Å²) in [6, 6.07) is 13.4. The Labute approximate surface area is 174 Å². The van der Waals surface area contributed by atoms with Crippen molar-refractivity contribution in [3.05, 3.63) is 77.5 Å². The van der Waals surface area contributed by atoms with E-state index in [1.807, 2.05) is 42.2 Å². The van der Waals surface area contributed by atoms with Crippen molar-refractivity contribution < 1.29 is 9.90 Å². The van der Waals surface area contributed by atoms with Gasteiger partial charge in [-0.25, -0.2) is 0 Å². The Hall–Kier alpha value is -2.70. The number of nitrogens with two attached hydrogens (primary N) is 1. The molecule has 1 amide bonds. The van der Waals surface area contributed by atoms with Gasteiger partial charge in [0.15, 0.2) is 0 Å². The molecule has 2 aromatic carbocycles. The van der Waals surface area contributed by atoms with Crippen molar-refractivity contribution in [3.8, 4) is 5.75 Å². The van der Waals surface area contributed by atoms with Gasteiger partial charge in [-0.2, -0.15) is 11.8 Å². The van der Waals surface area contributed by atoms with Crippen LogP contribution in [0.4, 0.5) is 0 Å². The highest BCUT2D eigenvalue weighted by Gasteiger charge is 2.22. The lowest BCUT2D eigenvalue weighted by atomic mass is 9.87. The Morgan fingerprint density at radius 2 is 2.03 bits per heavy atom. The number of aromatic hydroxyl groups is 1. The van der Waals surface area contributed by atoms with Crippen molar-refractivity contribution in [2.45, 2.75) is 24.1 Å². The third-order valence-corrected chi connectivity index (χ3v) is 6.47. The van der Waals surface area contributed by atoms with Crippen LogP contribution >= 0.6 is 11.8 Å². The number of carbonyl (C=O) groups excluding carboxylic acids is 1. The second kappa shape index (κ2) is 8.76. The molecule has 2 heterocycles. The number of aromatic amines is 1. The standard InChI is InChI=1S/C23H25N3O2S/c24-23(28)16-5-8-21-20(12-16)17(13-26-21)14-29-11-9-22-19(2-1-10-25-22)15-3-6-18(27)7-4-15/h1-8,12-13,19,22,25-27H,9-11,14H2,(H2,24,28). The molecule has 0 aliphatic carbocycles. The SMILES string of the molecule is NC(=O)c1ccc2[nH]cc(CSCCC3NCC=CC3c3ccc(O)cc3)c2c1. The van der Waals surface area contributed by atoms with Crippen LogP contribution in [0.2, 0.25) is 0 Å². The van der Waals surface area contributed by atoms with E-state index in [1.54, 1.807) is 18.2 Å². The highest BCUT2D eigenvalue weighted by Crippen LogP contribution is 2.29. The molecule has 4 rings (SSSR count). The number of fused-ring (bicyclic) bond motifs is 1. The van der Waals surface area contributed by atoms with Crippen molar-refractivity contribution >= 4 is 28.6 Å². The Balaban J connectivity index is 1.37. The van der Waals surface area contributed by atoms with Crippen LogP contribution in [0, 0.1) is 0 Å². The molecule has 1 aromatic heterocycles. The van der Waals surface area contributed by atoms with E-state index >= 15 is 0 Å². The van der Waals surface area contributed by atoms with Gasteiger partial charge in [0, 0.05) is 46.9 Å². The fourth-order valence-corrected chi connectivity index (χ4v) is 4.88. The number of amides is 1. The minimum atomic E-state index is -0.400. The van der Waals surface area contributed by atoms with E-state index in [2.05, 4.69) is 22.5 Å². The zero-order valence-corrected chi connectivity index (χ0v) is 16.9. The van der Waals surface area contributed by atoms with Crippen molar-refractivity contribution in [2.24, 2.45) is 5.73 Å². The van der Waals surface area contributed by atoms with Gasteiger partial charge in [0.2, 0.25) is 5.91 Å². The summed E-state index contributed by atoms with van der Waals surface area (Å²) in [5, 5.41) is 14.2. The first kappa shape index (κ1) is 19.6. The van der Waals surface area contributed by atoms with E-state index in [-0.39, 0.29) is 0 Å². The monoisotopic (exact) mass is 407 g/mol. The molecular weight excluding hydrogens is 382 g/mol. The molecule has 5 nitrogen and oxygen atoms in total. The van der Waals surface area contributed by atoms with Crippen LogP contribution in [0.15, 0.2) is 60.8 Å². The Morgan fingerprint density at radius 3 is 2.83 bits per heavy atom. The third-order valence-electron chi connectivity index (χ3n) is 5.44. The van der Waals surface area contributed by atoms with Crippen LogP contribution < -0.4 is 11.1 Å². The number of phenolic OH excluding ortho intramolecular Hbond substituents is 1. The number of thioether (sulfide) groups is 1. The van der Waals surface area contributed by atoms with E-state index in [4.69, 9.17) is 5.73 Å². The van der Waals surface area contributed by atoms with Gasteiger partial charge in [0.25, 0.3) is 0 Å². The van der Waals surface area contributed by atoms with E-state index < -0.39 is 5.91 Å². The molecule has 3 aromatic rings. The summed E-state index contributed by atoms with van der Waals surface area (Å²) in [4.78, 5) is 14.7. The normalized spacial score (nSPS) is 18.9. The predicted octanol–water partition coefficient (Wildman–Crippen LogP) is 3.91. The quantitative estimate of drug-likeness (QED) is 0.353. The minimum absolute atomic E-state index is 0.298. The molecule has 0 saturated heterocycles. The van der Waals surface area contributed by atoms with Crippen molar-refractivity contribution in [2.75, 3.05) is 12.3 Å². The summed E-state index contributed by atoms with van der Waals surface area (Å²) < 4.78 is 0. The highest BCUT2D eigenvalue weighted by atomic mass is 32.2. The van der Waals surface area contributed by atoms with Gasteiger partial charge in [-0.3, -0.25) is 4.79 Å². The zero-order valence-electron chi connectivity index (χ0n) is 16.1. The number of hydrogen-bond acceptors (Lipinski definition) is 4. The number of aromatic nitrogens is 1. The number of H-pyrrole nitrogens is 1. The third kappa shape index (κ3) is 4.49. The second-order valence-electron chi connectivity index (χ2n) is 7.34. The number of benzene rings is 2. The first-order chi connectivity index (χ1) is 14.1. The van der Waals surface area contributed by atoms with Crippen LogP contribution in [0.25, 0.3) is 10.9 Å². The summed E-state index contributed by atoms with van der Waals surface area (Å²) in [6.45, 7) is 0.891. The summed E-state index contributed by atoms with van der Waals surface area (Å²) in [5.74, 6) is 2.13. The Kier molecular flexibility index (Phi) is 5.92. The second-order valence-corrected chi connectivity index (χ2v) is 8.45. The fraction of sp³-hybridized carbons (Fsp3) is 0.261. The zero-order chi connectivity index (χ0) is 20.2. The van der Waals surface area contributed by atoms with Crippen molar-refractivity contribution in [1.82, 2.24) is 10.3 Å². The molecule has 150 valence electrons. The molecule has 29 heavy (non-hydrogen) atoms. The van der Waals surface area contributed by atoms with Gasteiger partial charge in [0.1, 0.15) is 5.75 Å². The molecule has 0 radical (unpaired) electrons. The molecule has 0 spiro atoms. The summed E-state index contributed by atoms with van der Waals surface area (Å²) in [6.07, 6.45) is 7.51. The highest BCUT2D eigenvalue weighted by molar-refractivity contribution is 7.98. The van der Waals surface area contributed by atoms with Crippen LogP contribution in [0.5, 0.6) is 5.75 Å². The van der Waals surface area contributed by atoms with Gasteiger partial charge >= 0.3 is 0 Å². The molecule has 1 aliphatic rings. The molecular formula is C23H25N3O2S. The first-order valence-corrected chi connectivity index (χ1v) is 10.9. The lowest BCUT2D eigenvalue weighted by molar-refractivity contribution is 0.100. The van der Waals surface area contributed by atoms with E-state index in [9.17, 15) is 9.90 Å². The van der Waals surface area contributed by atoms with Gasteiger partial charge in [-0.1, -0.05) is 24.3 Å². The average Bonchev–Trinajstić information content (AvgIpc) is 3.14. The Morgan fingerprint density at radius 1 is 1.21 bits per heavy atom. The molecule has 0 saturated carbocycles. The van der Waals surface area contributed by atoms with Crippen LogP contribution in [0.1, 0.15) is 33.8 Å². The van der Waals surface area contributed by atoms with Crippen LogP contribution in [-0.4, -0.2) is 34.3 Å². The molecule has 0 bridgehead atoms. The largest absolute Gasteiger partial charge is 0.508 e. The summed E-state index contributed by atoms with van der Waals surface area (Å²) in [7, 11) is 0. The lowest BCUT2D eigenvalue weighted by Crippen LogP contribution is -2.37. The van der Waals surface area contributed by atoms with Gasteiger partial charge in [-0.15, -0.1) is 0 Å². The molecule has 5 N–H and O–H groups in total. The molecule has 6 heteroatoms. The van der Waals surface area contributed by atoms with Crippen LogP contribution in [-0.2, 0) is 5.75 Å². The summed E-state index contributed by atoms with van der Waals surface area (Å²) >= 11 is 1.89. The topological polar surface area (TPSA) is 91.1 Å². The molecule has 2 atom stereocenters. The number of phenols is 1. The minimum Gasteiger partial charge on any atom is -0.508 e.